The van der Waals surface area contributed by atoms with Gasteiger partial charge in [-0.3, -0.25) is 20.0 Å². The van der Waals surface area contributed by atoms with E-state index in [4.69, 9.17) is 69.4 Å². The molecular formula is C50H78N12O15S. The van der Waals surface area contributed by atoms with Crippen LogP contribution in [0.3, 0.4) is 0 Å². The number of aldehydes is 1. The summed E-state index contributed by atoms with van der Waals surface area (Å²) in [6.07, 6.45) is -12.2. The molecule has 78 heavy (non-hydrogen) atoms. The van der Waals surface area contributed by atoms with Gasteiger partial charge >= 0.3 is 0 Å². The number of rotatable bonds is 20. The van der Waals surface area contributed by atoms with Gasteiger partial charge in [0, 0.05) is 29.3 Å². The van der Waals surface area contributed by atoms with Crippen molar-refractivity contribution >= 4 is 52.8 Å². The smallest absolute Gasteiger partial charge is 0.265 e. The van der Waals surface area contributed by atoms with Gasteiger partial charge in [-0.2, -0.15) is 0 Å². The predicted molar refractivity (Wildman–Crippen MR) is 291 cm³/mol. The Labute approximate surface area is 457 Å². The molecule has 15 unspecified atom stereocenters. The fourth-order valence-corrected chi connectivity index (χ4v) is 8.29. The van der Waals surface area contributed by atoms with Crippen molar-refractivity contribution in [2.45, 2.75) is 139 Å². The van der Waals surface area contributed by atoms with E-state index in [-0.39, 0.29) is 12.2 Å². The van der Waals surface area contributed by atoms with Gasteiger partial charge in [0.05, 0.1) is 32.0 Å². The molecule has 2 aromatic carbocycles. The Bertz CT molecular complexity index is 2300. The molecule has 1 aromatic heterocycles. The number of nitrogens with one attached hydrogen (secondary N) is 4. The number of nitrogens with two attached hydrogens (primary N) is 5. The number of amides is 1. The standard InChI is InChI=1S/C23H32N2O2S.C21H39N7O12.C6H7N3O/c1-17(2)13-15-26-21-9-5-19(6-10-21)24-23(28)25-20-7-11-22(12-8-20)27-16-14-18(3)4;1-5-21(36,4-30)16(40-17-9(26-2)13(34)10(31)6(3-29)38-17)18(37-5)39-15-8(28-20(24)25)11(32)7(27-19(22)23)12(33)14(15)35;7-9-6(10)5-1-3-8-4-2-5/h5-12,17-18H,13-16H2,1-4H3,(H2,24,25,28);4-18,26,29,31-36H,3H2,1-2H3,(H4,22,23,27)(H4,24,25,28);1-4H,7H2,(H,9,10). The minimum atomic E-state index is -2.38. The molecule has 2 saturated heterocycles. The zero-order valence-electron chi connectivity index (χ0n) is 44.3. The fraction of sp³-hybridized carbons (Fsp3) is 0.560. The number of aromatic nitrogens is 1. The lowest BCUT2D eigenvalue weighted by molar-refractivity contribution is -0.314. The Morgan fingerprint density at radius 1 is 0.756 bits per heavy atom. The van der Waals surface area contributed by atoms with Gasteiger partial charge < -0.3 is 103 Å². The number of hydrazine groups is 1. The Morgan fingerprint density at radius 2 is 1.27 bits per heavy atom. The Kier molecular flexibility index (Phi) is 25.7. The molecule has 3 aromatic rings. The molecule has 6 rings (SSSR count). The number of pyridine rings is 1. The van der Waals surface area contributed by atoms with Crippen LogP contribution in [0, 0.1) is 11.8 Å². The number of nitrogens with zero attached hydrogens (tertiary/aromatic N) is 3. The Balaban J connectivity index is 0.000000297. The second-order valence-electron chi connectivity index (χ2n) is 19.3. The van der Waals surface area contributed by atoms with E-state index in [1.165, 1.54) is 26.4 Å². The number of guanidine groups is 2. The van der Waals surface area contributed by atoms with Gasteiger partial charge in [0.2, 0.25) is 0 Å². The van der Waals surface area contributed by atoms with Crippen molar-refractivity contribution in [3.05, 3.63) is 78.6 Å². The average Bonchev–Trinajstić information content (AvgIpc) is 3.72. The van der Waals surface area contributed by atoms with Crippen LogP contribution in [0.2, 0.25) is 0 Å². The minimum Gasteiger partial charge on any atom is -0.494 e. The number of aliphatic hydroxyl groups is 7. The first-order valence-corrected chi connectivity index (χ1v) is 25.5. The number of ether oxygens (including phenoxy) is 6. The number of hydrogen-bond donors (Lipinski definition) is 16. The molecule has 3 heterocycles. The van der Waals surface area contributed by atoms with Gasteiger partial charge in [-0.1, -0.05) is 27.7 Å². The van der Waals surface area contributed by atoms with Crippen LogP contribution in [0.15, 0.2) is 83.0 Å². The van der Waals surface area contributed by atoms with E-state index in [0.29, 0.717) is 22.5 Å². The number of anilines is 2. The van der Waals surface area contributed by atoms with Gasteiger partial charge in [0.15, 0.2) is 41.5 Å². The van der Waals surface area contributed by atoms with Crippen molar-refractivity contribution in [3.63, 3.8) is 0 Å². The van der Waals surface area contributed by atoms with E-state index in [1.807, 2.05) is 54.0 Å². The number of carbonyl (C=O) groups is 2. The fourth-order valence-electron chi connectivity index (χ4n) is 8.05. The normalized spacial score (nSPS) is 29.3. The molecule has 27 nitrogen and oxygen atoms in total. The van der Waals surface area contributed by atoms with Crippen LogP contribution in [0.25, 0.3) is 0 Å². The van der Waals surface area contributed by atoms with E-state index in [2.05, 4.69) is 58.6 Å². The minimum absolute atomic E-state index is 0.140. The Morgan fingerprint density at radius 3 is 1.72 bits per heavy atom. The molecule has 2 aliphatic heterocycles. The number of thiocarbonyl (C=S) groups is 1. The van der Waals surface area contributed by atoms with Crippen LogP contribution in [0.4, 0.5) is 11.4 Å². The molecule has 1 aliphatic carbocycles. The quantitative estimate of drug-likeness (QED) is 0.0109. The highest BCUT2D eigenvalue weighted by Gasteiger charge is 2.61. The summed E-state index contributed by atoms with van der Waals surface area (Å²) < 4.78 is 34.4. The summed E-state index contributed by atoms with van der Waals surface area (Å²) in [5.74, 6) is 6.58. The molecule has 0 spiro atoms. The zero-order chi connectivity index (χ0) is 57.9. The molecule has 434 valence electrons. The molecule has 0 radical (unpaired) electrons. The lowest BCUT2D eigenvalue weighted by Gasteiger charge is -2.45. The summed E-state index contributed by atoms with van der Waals surface area (Å²) in [5.41, 5.74) is 23.7. The average molecular weight is 1120 g/mol. The zero-order valence-corrected chi connectivity index (χ0v) is 45.1. The van der Waals surface area contributed by atoms with Gasteiger partial charge in [-0.25, -0.2) is 15.8 Å². The number of aliphatic imine (C=N–C) groups is 2. The second-order valence-corrected chi connectivity index (χ2v) is 19.7. The monoisotopic (exact) mass is 1120 g/mol. The first-order chi connectivity index (χ1) is 37.0. The molecule has 0 bridgehead atoms. The van der Waals surface area contributed by atoms with Gasteiger partial charge in [0.1, 0.15) is 72.4 Å². The first-order valence-electron chi connectivity index (χ1n) is 25.1. The third-order valence-corrected chi connectivity index (χ3v) is 12.8. The molecule has 3 fully saturated rings. The molecule has 15 atom stereocenters. The lowest BCUT2D eigenvalue weighted by atomic mass is 9.81. The van der Waals surface area contributed by atoms with Crippen molar-refractivity contribution in [2.75, 3.05) is 37.5 Å². The third-order valence-electron chi connectivity index (χ3n) is 12.6. The van der Waals surface area contributed by atoms with Crippen LogP contribution in [0.1, 0.15) is 57.8 Å². The predicted octanol–water partition coefficient (Wildman–Crippen LogP) is -2.13. The summed E-state index contributed by atoms with van der Waals surface area (Å²) in [6, 6.07) is 14.8. The molecule has 21 N–H and O–H groups in total. The van der Waals surface area contributed by atoms with Crippen molar-refractivity contribution in [2.24, 2.45) is 50.6 Å². The van der Waals surface area contributed by atoms with E-state index < -0.39 is 110 Å². The molecule has 1 saturated carbocycles. The summed E-state index contributed by atoms with van der Waals surface area (Å²) >= 11 is 5.40. The van der Waals surface area contributed by atoms with Gasteiger partial charge in [-0.15, -0.1) is 0 Å². The third kappa shape index (κ3) is 18.3. The van der Waals surface area contributed by atoms with Crippen molar-refractivity contribution < 1.29 is 73.8 Å². The van der Waals surface area contributed by atoms with Crippen molar-refractivity contribution in [3.8, 4) is 11.5 Å². The van der Waals surface area contributed by atoms with Crippen molar-refractivity contribution in [1.82, 2.24) is 15.7 Å². The largest absolute Gasteiger partial charge is 0.494 e. The molecule has 28 heteroatoms. The highest BCUT2D eigenvalue weighted by atomic mass is 32.1. The number of hydrogen-bond acceptors (Lipinski definition) is 21. The number of carbonyl (C=O) groups excluding carboxylic acids is 2. The second kappa shape index (κ2) is 31.0. The van der Waals surface area contributed by atoms with E-state index in [1.54, 1.807) is 12.1 Å². The number of likely N-dealkylation sites (N-methyl/N-ethyl adjacent to an activating group) is 1. The van der Waals surface area contributed by atoms with E-state index >= 15 is 0 Å². The first kappa shape index (κ1) is 64.6. The highest BCUT2D eigenvalue weighted by Crippen LogP contribution is 2.38. The number of nitrogen functional groups attached to an aromatic ring is 1. The van der Waals surface area contributed by atoms with E-state index in [0.717, 1.165) is 48.9 Å². The van der Waals surface area contributed by atoms with Gasteiger partial charge in [0.25, 0.3) is 5.91 Å². The van der Waals surface area contributed by atoms with Crippen LogP contribution < -0.4 is 59.6 Å². The van der Waals surface area contributed by atoms with E-state index in [9.17, 15) is 45.3 Å². The summed E-state index contributed by atoms with van der Waals surface area (Å²) in [4.78, 5) is 34.2. The summed E-state index contributed by atoms with van der Waals surface area (Å²) in [6.45, 7) is 10.9. The highest BCUT2D eigenvalue weighted by molar-refractivity contribution is 7.80. The summed E-state index contributed by atoms with van der Waals surface area (Å²) in [5, 5.41) is 83.6. The maximum absolute atomic E-state index is 12.1. The SMILES string of the molecule is CC(C)CCOc1ccc(NC(=S)Nc2ccc(OCCC(C)C)cc2)cc1.CNC1C(OC2C(OC3C(O)C(O)C(N=C(N)N)C(O)C3N=C(N)N)OC(C)C2(O)C=O)OC(CO)C(O)C1O.NNC(=O)c1ccncc1. The summed E-state index contributed by atoms with van der Waals surface area (Å²) in [7, 11) is 1.42. The number of aliphatic hydroxyl groups excluding tert-OH is 6. The van der Waals surface area contributed by atoms with Crippen molar-refractivity contribution in [1.29, 1.82) is 0 Å². The molecular weight excluding hydrogens is 1040 g/mol. The molecule has 1 amide bonds. The van der Waals surface area contributed by atoms with Crippen LogP contribution in [-0.2, 0) is 23.7 Å². The number of benzene rings is 2. The maximum atomic E-state index is 12.1. The topological polar surface area (TPSA) is 447 Å². The van der Waals surface area contributed by atoms with Crippen LogP contribution in [0.5, 0.6) is 11.5 Å². The lowest BCUT2D eigenvalue weighted by Crippen LogP contribution is -2.66. The van der Waals surface area contributed by atoms with Crippen LogP contribution in [-0.4, -0.2) is 188 Å². The Hall–Kier alpha value is -5.96. The van der Waals surface area contributed by atoms with Crippen LogP contribution >= 0.6 is 12.2 Å². The van der Waals surface area contributed by atoms with Gasteiger partial charge in [-0.05, 0) is 112 Å². The maximum Gasteiger partial charge on any atom is 0.265 e. The molecule has 3 aliphatic rings.